The van der Waals surface area contributed by atoms with Crippen molar-refractivity contribution >= 4 is 42.4 Å². The minimum absolute atomic E-state index is 0.0913. The molecule has 0 spiro atoms. The smallest absolute Gasteiger partial charge is 0.260 e. The Bertz CT molecular complexity index is 1390. The first-order chi connectivity index (χ1) is 15.3. The molecule has 2 heterocycles. The lowest BCUT2D eigenvalue weighted by Crippen LogP contribution is -2.30. The van der Waals surface area contributed by atoms with Gasteiger partial charge in [0.2, 0.25) is 0 Å². The number of sulfone groups is 1. The summed E-state index contributed by atoms with van der Waals surface area (Å²) in [5, 5.41) is -0.218. The Morgan fingerprint density at radius 2 is 1.84 bits per heavy atom. The Morgan fingerprint density at radius 1 is 1.09 bits per heavy atom. The predicted molar refractivity (Wildman–Crippen MR) is 123 cm³/mol. The summed E-state index contributed by atoms with van der Waals surface area (Å²) in [6.45, 7) is 3.39. The Kier molecular flexibility index (Phi) is 6.03. The maximum Gasteiger partial charge on any atom is 0.260 e. The maximum atomic E-state index is 13.7. The molecule has 4 rings (SSSR count). The van der Waals surface area contributed by atoms with E-state index in [4.69, 9.17) is 0 Å². The van der Waals surface area contributed by atoms with Crippen LogP contribution in [0.2, 0.25) is 0 Å². The van der Waals surface area contributed by atoms with E-state index in [1.165, 1.54) is 40.5 Å². The van der Waals surface area contributed by atoms with Gasteiger partial charge in [0, 0.05) is 18.0 Å². The van der Waals surface area contributed by atoms with Crippen molar-refractivity contribution in [2.75, 3.05) is 4.90 Å². The number of thiazole rings is 1. The first-order valence-corrected chi connectivity index (χ1v) is 12.2. The molecular weight excluding hydrogens is 449 g/mol. The van der Waals surface area contributed by atoms with Crippen LogP contribution in [-0.4, -0.2) is 29.5 Å². The number of rotatable bonds is 6. The number of amides is 1. The SMILES string of the molecule is CC(C)S(=O)(=O)c1cccc(C(=O)N(Cc2ccncc2)c2nc3ccc(F)cc3s2)c1. The summed E-state index contributed by atoms with van der Waals surface area (Å²) < 4.78 is 39.5. The highest BCUT2D eigenvalue weighted by molar-refractivity contribution is 7.92. The Morgan fingerprint density at radius 3 is 2.56 bits per heavy atom. The zero-order valence-corrected chi connectivity index (χ0v) is 19.0. The molecule has 6 nitrogen and oxygen atoms in total. The second-order valence-corrected chi connectivity index (χ2v) is 11.0. The van der Waals surface area contributed by atoms with Gasteiger partial charge in [0.1, 0.15) is 5.82 Å². The van der Waals surface area contributed by atoms with Gasteiger partial charge < -0.3 is 0 Å². The number of nitrogens with zero attached hydrogens (tertiary/aromatic N) is 3. The second kappa shape index (κ2) is 8.76. The fraction of sp³-hybridized carbons (Fsp3) is 0.174. The van der Waals surface area contributed by atoms with Gasteiger partial charge in [0.15, 0.2) is 15.0 Å². The minimum atomic E-state index is -3.54. The number of benzene rings is 2. The van der Waals surface area contributed by atoms with Crippen molar-refractivity contribution in [3.8, 4) is 0 Å². The van der Waals surface area contributed by atoms with Crippen LogP contribution in [0.1, 0.15) is 29.8 Å². The molecule has 0 saturated heterocycles. The Hall–Kier alpha value is -3.17. The lowest BCUT2D eigenvalue weighted by molar-refractivity contribution is 0.0985. The Labute approximate surface area is 189 Å². The van der Waals surface area contributed by atoms with Crippen molar-refractivity contribution in [1.82, 2.24) is 9.97 Å². The molecule has 0 N–H and O–H groups in total. The van der Waals surface area contributed by atoms with Gasteiger partial charge in [-0.25, -0.2) is 17.8 Å². The lowest BCUT2D eigenvalue weighted by Gasteiger charge is -2.20. The number of carbonyl (C=O) groups excluding carboxylic acids is 1. The fourth-order valence-corrected chi connectivity index (χ4v) is 5.22. The summed E-state index contributed by atoms with van der Waals surface area (Å²) in [5.41, 5.74) is 1.63. The van der Waals surface area contributed by atoms with Crippen molar-refractivity contribution in [2.24, 2.45) is 0 Å². The molecule has 4 aromatic rings. The highest BCUT2D eigenvalue weighted by atomic mass is 32.2. The molecule has 0 unspecified atom stereocenters. The molecule has 0 fully saturated rings. The van der Waals surface area contributed by atoms with Gasteiger partial charge in [-0.1, -0.05) is 17.4 Å². The van der Waals surface area contributed by atoms with E-state index in [0.29, 0.717) is 15.3 Å². The highest BCUT2D eigenvalue weighted by Crippen LogP contribution is 2.31. The molecule has 0 radical (unpaired) electrons. The van der Waals surface area contributed by atoms with E-state index in [-0.39, 0.29) is 22.8 Å². The molecule has 2 aromatic heterocycles. The zero-order valence-electron chi connectivity index (χ0n) is 17.4. The number of hydrogen-bond acceptors (Lipinski definition) is 6. The van der Waals surface area contributed by atoms with E-state index < -0.39 is 21.0 Å². The molecule has 0 atom stereocenters. The quantitative estimate of drug-likeness (QED) is 0.403. The van der Waals surface area contributed by atoms with E-state index in [1.807, 2.05) is 0 Å². The molecule has 0 aliphatic carbocycles. The van der Waals surface area contributed by atoms with E-state index in [2.05, 4.69) is 9.97 Å². The van der Waals surface area contributed by atoms with E-state index in [9.17, 15) is 17.6 Å². The maximum absolute atomic E-state index is 13.7. The molecule has 32 heavy (non-hydrogen) atoms. The number of hydrogen-bond donors (Lipinski definition) is 0. The summed E-state index contributed by atoms with van der Waals surface area (Å²) in [4.78, 5) is 23.6. The van der Waals surface area contributed by atoms with E-state index in [1.54, 1.807) is 56.6 Å². The highest BCUT2D eigenvalue weighted by Gasteiger charge is 2.25. The summed E-state index contributed by atoms with van der Waals surface area (Å²) in [6, 6.07) is 13.8. The van der Waals surface area contributed by atoms with Crippen LogP contribution in [0.15, 0.2) is 71.9 Å². The van der Waals surface area contributed by atoms with Crippen LogP contribution in [0, 0.1) is 5.82 Å². The summed E-state index contributed by atoms with van der Waals surface area (Å²) >= 11 is 1.20. The third-order valence-corrected chi connectivity index (χ3v) is 8.13. The third kappa shape index (κ3) is 4.39. The molecule has 0 aliphatic rings. The van der Waals surface area contributed by atoms with Crippen LogP contribution in [-0.2, 0) is 16.4 Å². The van der Waals surface area contributed by atoms with Crippen LogP contribution in [0.25, 0.3) is 10.2 Å². The molecular formula is C23H20FN3O3S2. The number of anilines is 1. The summed E-state index contributed by atoms with van der Waals surface area (Å²) in [6.07, 6.45) is 3.25. The van der Waals surface area contributed by atoms with E-state index >= 15 is 0 Å². The first-order valence-electron chi connectivity index (χ1n) is 9.86. The van der Waals surface area contributed by atoms with E-state index in [0.717, 1.165) is 5.56 Å². The fourth-order valence-electron chi connectivity index (χ4n) is 3.13. The number of fused-ring (bicyclic) bond motifs is 1. The minimum Gasteiger partial charge on any atom is -0.279 e. The number of pyridine rings is 1. The van der Waals surface area contributed by atoms with Crippen LogP contribution in [0.4, 0.5) is 9.52 Å². The summed E-state index contributed by atoms with van der Waals surface area (Å²) in [5.74, 6) is -0.784. The van der Waals surface area contributed by atoms with Crippen LogP contribution >= 0.6 is 11.3 Å². The monoisotopic (exact) mass is 469 g/mol. The second-order valence-electron chi connectivity index (χ2n) is 7.48. The number of halogens is 1. The van der Waals surface area contributed by atoms with Crippen LogP contribution < -0.4 is 4.90 Å². The predicted octanol–water partition coefficient (Wildman–Crippen LogP) is 4.86. The Balaban J connectivity index is 1.78. The van der Waals surface area contributed by atoms with Crippen molar-refractivity contribution in [3.05, 3.63) is 83.9 Å². The number of aromatic nitrogens is 2. The van der Waals surface area contributed by atoms with Crippen molar-refractivity contribution in [1.29, 1.82) is 0 Å². The van der Waals surface area contributed by atoms with Gasteiger partial charge in [-0.3, -0.25) is 14.7 Å². The molecule has 0 aliphatic heterocycles. The molecule has 2 aromatic carbocycles. The van der Waals surface area contributed by atoms with Crippen LogP contribution in [0.3, 0.4) is 0 Å². The molecule has 0 saturated carbocycles. The van der Waals surface area contributed by atoms with Gasteiger partial charge in [-0.2, -0.15) is 0 Å². The molecule has 164 valence electrons. The zero-order chi connectivity index (χ0) is 22.9. The van der Waals surface area contributed by atoms with Gasteiger partial charge in [-0.05, 0) is 67.9 Å². The van der Waals surface area contributed by atoms with Gasteiger partial charge in [0.05, 0.1) is 26.9 Å². The molecule has 9 heteroatoms. The van der Waals surface area contributed by atoms with Gasteiger partial charge >= 0.3 is 0 Å². The van der Waals surface area contributed by atoms with Crippen molar-refractivity contribution < 1.29 is 17.6 Å². The average Bonchev–Trinajstić information content (AvgIpc) is 3.20. The summed E-state index contributed by atoms with van der Waals surface area (Å²) in [7, 11) is -3.54. The third-order valence-electron chi connectivity index (χ3n) is 4.94. The first kappa shape index (κ1) is 22.0. The standard InChI is InChI=1S/C23H20FN3O3S2/c1-15(2)32(29,30)19-5-3-4-17(12-19)22(28)27(14-16-8-10-25-11-9-16)23-26-20-7-6-18(24)13-21(20)31-23/h3-13,15H,14H2,1-2H3. The average molecular weight is 470 g/mol. The van der Waals surface area contributed by atoms with Crippen molar-refractivity contribution in [2.45, 2.75) is 30.5 Å². The van der Waals surface area contributed by atoms with Crippen molar-refractivity contribution in [3.63, 3.8) is 0 Å². The largest absolute Gasteiger partial charge is 0.279 e. The molecule has 1 amide bonds. The van der Waals surface area contributed by atoms with Crippen LogP contribution in [0.5, 0.6) is 0 Å². The number of carbonyl (C=O) groups is 1. The molecule has 0 bridgehead atoms. The normalized spacial score (nSPS) is 11.8. The van der Waals surface area contributed by atoms with Gasteiger partial charge in [0.25, 0.3) is 5.91 Å². The van der Waals surface area contributed by atoms with Gasteiger partial charge in [-0.15, -0.1) is 0 Å². The topological polar surface area (TPSA) is 80.2 Å². The lowest BCUT2D eigenvalue weighted by atomic mass is 10.2.